The molecule has 2 aromatic rings. The molecule has 1 saturated heterocycles. The van der Waals surface area contributed by atoms with Crippen LogP contribution in [0.5, 0.6) is 0 Å². The molecule has 208 valence electrons. The smallest absolute Gasteiger partial charge is 0.160 e. The Morgan fingerprint density at radius 1 is 1.03 bits per heavy atom. The topological polar surface area (TPSA) is 68.2 Å². The van der Waals surface area contributed by atoms with E-state index in [1.165, 1.54) is 0 Å². The second kappa shape index (κ2) is 18.9. The van der Waals surface area contributed by atoms with Gasteiger partial charge in [-0.25, -0.2) is 0 Å². The Balaban J connectivity index is 0.00000145. The van der Waals surface area contributed by atoms with Gasteiger partial charge in [-0.15, -0.1) is 6.58 Å². The first kappa shape index (κ1) is 34.7. The van der Waals surface area contributed by atoms with Crippen molar-refractivity contribution in [3.8, 4) is 0 Å². The normalized spacial score (nSPS) is 17.3. The number of aliphatic hydroxyl groups is 2. The predicted molar refractivity (Wildman–Crippen MR) is 155 cm³/mol. The zero-order chi connectivity index (χ0) is 28.3. The van der Waals surface area contributed by atoms with Crippen LogP contribution in [0, 0.1) is 0 Å². The molecule has 1 fully saturated rings. The molecule has 0 amide bonds. The lowest BCUT2D eigenvalue weighted by atomic mass is 9.80. The summed E-state index contributed by atoms with van der Waals surface area (Å²) in [4.78, 5) is 0. The summed E-state index contributed by atoms with van der Waals surface area (Å²) in [5.74, 6) is -1.16. The van der Waals surface area contributed by atoms with Crippen molar-refractivity contribution in [2.75, 3.05) is 19.8 Å². The third-order valence-electron chi connectivity index (χ3n) is 5.33. The van der Waals surface area contributed by atoms with Gasteiger partial charge in [-0.2, -0.15) is 0 Å². The van der Waals surface area contributed by atoms with Crippen molar-refractivity contribution < 1.29 is 24.4 Å². The molecule has 1 aliphatic heterocycles. The fourth-order valence-electron chi connectivity index (χ4n) is 3.95. The summed E-state index contributed by atoms with van der Waals surface area (Å²) >= 11 is 0. The van der Waals surface area contributed by atoms with Crippen LogP contribution >= 0.6 is 0 Å². The average molecular weight is 515 g/mol. The summed E-state index contributed by atoms with van der Waals surface area (Å²) in [5, 5.41) is 17.5. The van der Waals surface area contributed by atoms with Gasteiger partial charge in [0.05, 0.1) is 25.4 Å². The summed E-state index contributed by atoms with van der Waals surface area (Å²) in [5.41, 5.74) is 2.61. The molecule has 37 heavy (non-hydrogen) atoms. The van der Waals surface area contributed by atoms with E-state index < -0.39 is 11.4 Å². The van der Waals surface area contributed by atoms with Gasteiger partial charge in [0.2, 0.25) is 0 Å². The van der Waals surface area contributed by atoms with Crippen molar-refractivity contribution >= 4 is 0 Å². The van der Waals surface area contributed by atoms with Gasteiger partial charge in [0.25, 0.3) is 0 Å². The molecule has 1 heterocycles. The minimum Gasteiger partial charge on any atom is -0.397 e. The van der Waals surface area contributed by atoms with Crippen LogP contribution in [0.1, 0.15) is 72.9 Å². The van der Waals surface area contributed by atoms with Crippen LogP contribution in [-0.4, -0.2) is 48.0 Å². The third-order valence-corrected chi connectivity index (χ3v) is 5.33. The molecule has 0 saturated carbocycles. The van der Waals surface area contributed by atoms with Crippen molar-refractivity contribution in [3.05, 3.63) is 96.1 Å². The van der Waals surface area contributed by atoms with E-state index in [1.807, 2.05) is 64.1 Å². The Morgan fingerprint density at radius 3 is 1.84 bits per heavy atom. The zero-order valence-electron chi connectivity index (χ0n) is 24.2. The molecule has 2 N–H and O–H groups in total. The second-order valence-electron chi connectivity index (χ2n) is 8.80. The predicted octanol–water partition coefficient (Wildman–Crippen LogP) is 7.03. The van der Waals surface area contributed by atoms with Gasteiger partial charge in [-0.05, 0) is 58.2 Å². The fourth-order valence-corrected chi connectivity index (χ4v) is 3.95. The number of aliphatic hydroxyl groups excluding tert-OH is 1. The number of allylic oxidation sites excluding steroid dienone is 2. The molecule has 5 nitrogen and oxygen atoms in total. The van der Waals surface area contributed by atoms with Gasteiger partial charge < -0.3 is 24.4 Å². The molecule has 3 rings (SSSR count). The lowest BCUT2D eigenvalue weighted by Crippen LogP contribution is -2.36. The maximum Gasteiger partial charge on any atom is 0.160 e. The SMILES string of the molecule is C/C=C(\C)C(OCC1C[C@@H](OC(C)(C)O)CO1)(c1ccccc1)c1ccccc1.C=CC.CC.CCO. The molecule has 2 aromatic carbocycles. The van der Waals surface area contributed by atoms with Crippen LogP contribution in [0.2, 0.25) is 0 Å². The van der Waals surface area contributed by atoms with E-state index in [1.54, 1.807) is 26.8 Å². The van der Waals surface area contributed by atoms with E-state index >= 15 is 0 Å². The first-order chi connectivity index (χ1) is 17.7. The Bertz CT molecular complexity index is 816. The van der Waals surface area contributed by atoms with Crippen molar-refractivity contribution in [3.63, 3.8) is 0 Å². The first-order valence-electron chi connectivity index (χ1n) is 13.3. The summed E-state index contributed by atoms with van der Waals surface area (Å²) in [6, 6.07) is 20.6. The summed E-state index contributed by atoms with van der Waals surface area (Å²) in [6.07, 6.45) is 4.34. The van der Waals surface area contributed by atoms with Crippen LogP contribution in [-0.2, 0) is 19.8 Å². The summed E-state index contributed by atoms with van der Waals surface area (Å²) < 4.78 is 18.3. The van der Waals surface area contributed by atoms with Crippen LogP contribution < -0.4 is 0 Å². The lowest BCUT2D eigenvalue weighted by molar-refractivity contribution is -0.204. The molecule has 5 heteroatoms. The number of ether oxygens (including phenoxy) is 3. The summed E-state index contributed by atoms with van der Waals surface area (Å²) in [7, 11) is 0. The highest BCUT2D eigenvalue weighted by molar-refractivity contribution is 5.45. The molecule has 2 atom stereocenters. The van der Waals surface area contributed by atoms with Crippen molar-refractivity contribution in [2.24, 2.45) is 0 Å². The van der Waals surface area contributed by atoms with E-state index in [2.05, 4.69) is 43.8 Å². The second-order valence-corrected chi connectivity index (χ2v) is 8.80. The number of rotatable bonds is 8. The Morgan fingerprint density at radius 2 is 1.46 bits per heavy atom. The molecular formula is C32H50O5. The quantitative estimate of drug-likeness (QED) is 0.292. The van der Waals surface area contributed by atoms with Gasteiger partial charge in [0.1, 0.15) is 5.60 Å². The highest BCUT2D eigenvalue weighted by Crippen LogP contribution is 2.41. The fraction of sp³-hybridized carbons (Fsp3) is 0.500. The summed E-state index contributed by atoms with van der Waals surface area (Å²) in [6.45, 7) is 19.5. The molecule has 0 spiro atoms. The monoisotopic (exact) mass is 514 g/mol. The maximum atomic E-state index is 9.91. The highest BCUT2D eigenvalue weighted by Gasteiger charge is 2.39. The Labute approximate surface area is 225 Å². The van der Waals surface area contributed by atoms with Gasteiger partial charge >= 0.3 is 0 Å². The van der Waals surface area contributed by atoms with E-state index in [0.29, 0.717) is 19.6 Å². The molecular weight excluding hydrogens is 464 g/mol. The minimum absolute atomic E-state index is 0.0844. The van der Waals surface area contributed by atoms with Crippen molar-refractivity contribution in [1.82, 2.24) is 0 Å². The Kier molecular flexibility index (Phi) is 17.7. The van der Waals surface area contributed by atoms with Gasteiger partial charge in [0, 0.05) is 13.0 Å². The van der Waals surface area contributed by atoms with Crippen LogP contribution in [0.15, 0.2) is 85.0 Å². The van der Waals surface area contributed by atoms with Gasteiger partial charge in [-0.3, -0.25) is 0 Å². The number of hydrogen-bond acceptors (Lipinski definition) is 5. The molecule has 0 aromatic heterocycles. The molecule has 0 radical (unpaired) electrons. The first-order valence-corrected chi connectivity index (χ1v) is 13.3. The maximum absolute atomic E-state index is 9.91. The third kappa shape index (κ3) is 11.8. The number of hydrogen-bond donors (Lipinski definition) is 2. The van der Waals surface area contributed by atoms with E-state index in [9.17, 15) is 5.11 Å². The minimum atomic E-state index is -1.16. The van der Waals surface area contributed by atoms with E-state index in [4.69, 9.17) is 19.3 Å². The van der Waals surface area contributed by atoms with Crippen LogP contribution in [0.4, 0.5) is 0 Å². The molecule has 1 unspecified atom stereocenters. The van der Waals surface area contributed by atoms with E-state index in [0.717, 1.165) is 16.7 Å². The molecule has 1 aliphatic rings. The Hall–Kier alpha value is -2.28. The van der Waals surface area contributed by atoms with E-state index in [-0.39, 0.29) is 18.8 Å². The van der Waals surface area contributed by atoms with Crippen molar-refractivity contribution in [1.29, 1.82) is 0 Å². The largest absolute Gasteiger partial charge is 0.397 e. The highest BCUT2D eigenvalue weighted by atomic mass is 16.6. The number of benzene rings is 2. The standard InChI is InChI=1S/C25H32O4.C3H6.C2H6O.C2H6/c1-5-19(2)25(20-12-8-6-9-13-20,21-14-10-7-11-15-21)28-18-22-16-23(17-27-22)29-24(3,4)26;1-3-2;1-2-3;1-2/h5-15,22-23,26H,16-18H2,1-4H3;3H,1H2,2H3;3H,2H2,1H3;1-2H3/b19-5+;;;/t22?,23-;;;/m1.../s1. The zero-order valence-corrected chi connectivity index (χ0v) is 24.2. The average Bonchev–Trinajstić information content (AvgIpc) is 3.33. The van der Waals surface area contributed by atoms with Crippen LogP contribution in [0.25, 0.3) is 0 Å². The van der Waals surface area contributed by atoms with Crippen molar-refractivity contribution in [2.45, 2.75) is 85.4 Å². The van der Waals surface area contributed by atoms with Gasteiger partial charge in [0.15, 0.2) is 5.79 Å². The lowest BCUT2D eigenvalue weighted by Gasteiger charge is -2.37. The van der Waals surface area contributed by atoms with Gasteiger partial charge in [-0.1, -0.05) is 86.7 Å². The van der Waals surface area contributed by atoms with Crippen LogP contribution in [0.3, 0.4) is 0 Å². The molecule has 0 bridgehead atoms. The molecule has 0 aliphatic carbocycles.